The van der Waals surface area contributed by atoms with Crippen molar-refractivity contribution in [3.8, 4) is 0 Å². The van der Waals surface area contributed by atoms with Gasteiger partial charge in [-0.3, -0.25) is 4.79 Å². The molecule has 1 aromatic rings. The Kier molecular flexibility index (Phi) is 5.55. The number of amides is 1. The molecule has 2 rings (SSSR count). The van der Waals surface area contributed by atoms with Crippen LogP contribution in [0.3, 0.4) is 0 Å². The molecule has 1 saturated heterocycles. The van der Waals surface area contributed by atoms with Crippen LogP contribution in [0.5, 0.6) is 0 Å². The van der Waals surface area contributed by atoms with Gasteiger partial charge in [-0.25, -0.2) is 8.42 Å². The average Bonchev–Trinajstić information content (AvgIpc) is 2.90. The number of ether oxygens (including phenoxy) is 1. The molecule has 0 spiro atoms. The molecule has 7 heteroatoms. The van der Waals surface area contributed by atoms with E-state index >= 15 is 0 Å². The Hall–Kier alpha value is -1.44. The Morgan fingerprint density at radius 1 is 1.36 bits per heavy atom. The van der Waals surface area contributed by atoms with Gasteiger partial charge in [-0.2, -0.15) is 4.31 Å². The first-order chi connectivity index (χ1) is 10.4. The van der Waals surface area contributed by atoms with Crippen molar-refractivity contribution in [2.24, 2.45) is 0 Å². The van der Waals surface area contributed by atoms with Crippen LogP contribution in [-0.2, 0) is 26.2 Å². The Morgan fingerprint density at radius 3 is 2.77 bits per heavy atom. The maximum atomic E-state index is 12.6. The number of likely N-dealkylation sites (N-methyl/N-ethyl adjacent to an activating group) is 1. The summed E-state index contributed by atoms with van der Waals surface area (Å²) in [6.07, 6.45) is 1.42. The van der Waals surface area contributed by atoms with Gasteiger partial charge in [0.1, 0.15) is 0 Å². The zero-order chi connectivity index (χ0) is 16.2. The molecular weight excluding hydrogens is 304 g/mol. The lowest BCUT2D eigenvalue weighted by Gasteiger charge is -2.21. The zero-order valence-electron chi connectivity index (χ0n) is 13.0. The summed E-state index contributed by atoms with van der Waals surface area (Å²) in [6, 6.07) is 6.73. The van der Waals surface area contributed by atoms with Crippen LogP contribution in [0.4, 0.5) is 0 Å². The fourth-order valence-electron chi connectivity index (χ4n) is 2.46. The lowest BCUT2D eigenvalue weighted by atomic mass is 10.2. The molecule has 1 aliphatic rings. The van der Waals surface area contributed by atoms with Crippen molar-refractivity contribution in [3.63, 3.8) is 0 Å². The molecule has 1 aliphatic heterocycles. The van der Waals surface area contributed by atoms with E-state index in [-0.39, 0.29) is 10.8 Å². The van der Waals surface area contributed by atoms with Gasteiger partial charge in [0.2, 0.25) is 15.9 Å². The maximum absolute atomic E-state index is 12.6. The number of benzene rings is 1. The summed E-state index contributed by atoms with van der Waals surface area (Å²) in [5.74, 6) is 0.105. The first-order valence-corrected chi connectivity index (χ1v) is 8.71. The summed E-state index contributed by atoms with van der Waals surface area (Å²) in [6.45, 7) is 1.82. The Bertz CT molecular complexity index is 630. The monoisotopic (exact) mass is 326 g/mol. The summed E-state index contributed by atoms with van der Waals surface area (Å²) in [5, 5.41) is 0. The highest BCUT2D eigenvalue weighted by Gasteiger charge is 2.24. The number of hydrogen-bond donors (Lipinski definition) is 0. The molecule has 0 N–H and O–H groups in total. The van der Waals surface area contributed by atoms with Crippen molar-refractivity contribution >= 4 is 15.9 Å². The zero-order valence-corrected chi connectivity index (χ0v) is 13.8. The quantitative estimate of drug-likeness (QED) is 0.752. The van der Waals surface area contributed by atoms with Crippen molar-refractivity contribution in [2.45, 2.75) is 24.3 Å². The molecular formula is C15H22N2O4S. The van der Waals surface area contributed by atoms with Gasteiger partial charge in [0.25, 0.3) is 0 Å². The predicted octanol–water partition coefficient (Wildman–Crippen LogP) is 1.08. The van der Waals surface area contributed by atoms with Crippen molar-refractivity contribution < 1.29 is 17.9 Å². The molecule has 0 unspecified atom stereocenters. The molecule has 1 heterocycles. The fraction of sp³-hybridized carbons (Fsp3) is 0.533. The van der Waals surface area contributed by atoms with E-state index < -0.39 is 10.0 Å². The van der Waals surface area contributed by atoms with Crippen LogP contribution in [0.2, 0.25) is 0 Å². The lowest BCUT2D eigenvalue weighted by molar-refractivity contribution is -0.127. The summed E-state index contributed by atoms with van der Waals surface area (Å²) >= 11 is 0. The normalized spacial score (nSPS) is 15.8. The molecule has 0 atom stereocenters. The van der Waals surface area contributed by atoms with Gasteiger partial charge in [-0.05, 0) is 24.1 Å². The summed E-state index contributed by atoms with van der Waals surface area (Å²) in [5.41, 5.74) is 0.812. The standard InChI is InChI=1S/C15H22N2O4S/c1-16(9-10-17-8-4-7-15(17)18)22(19,20)14-6-3-5-13(11-14)12-21-2/h3,5-6,11H,4,7-10,12H2,1-2H3. The molecule has 6 nitrogen and oxygen atoms in total. The van der Waals surface area contributed by atoms with Gasteiger partial charge in [0.15, 0.2) is 0 Å². The third kappa shape index (κ3) is 3.85. The van der Waals surface area contributed by atoms with Gasteiger partial charge >= 0.3 is 0 Å². The highest BCUT2D eigenvalue weighted by molar-refractivity contribution is 7.89. The first kappa shape index (κ1) is 16.9. The van der Waals surface area contributed by atoms with E-state index in [2.05, 4.69) is 0 Å². The first-order valence-electron chi connectivity index (χ1n) is 7.27. The van der Waals surface area contributed by atoms with Crippen LogP contribution < -0.4 is 0 Å². The smallest absolute Gasteiger partial charge is 0.242 e. The van der Waals surface area contributed by atoms with E-state index in [0.29, 0.717) is 26.1 Å². The Labute approximate surface area is 131 Å². The number of carbonyl (C=O) groups is 1. The average molecular weight is 326 g/mol. The lowest BCUT2D eigenvalue weighted by Crippen LogP contribution is -2.36. The van der Waals surface area contributed by atoms with Gasteiger partial charge < -0.3 is 9.64 Å². The third-order valence-corrected chi connectivity index (χ3v) is 5.63. The van der Waals surface area contributed by atoms with Crippen molar-refractivity contribution in [1.82, 2.24) is 9.21 Å². The molecule has 122 valence electrons. The molecule has 1 aromatic carbocycles. The third-order valence-electron chi connectivity index (χ3n) is 3.77. The second-order valence-electron chi connectivity index (χ2n) is 5.39. The fourth-order valence-corrected chi connectivity index (χ4v) is 3.70. The SMILES string of the molecule is COCc1cccc(S(=O)(=O)N(C)CCN2CCCC2=O)c1. The molecule has 0 aliphatic carbocycles. The molecule has 1 amide bonds. The second-order valence-corrected chi connectivity index (χ2v) is 7.44. The number of likely N-dealkylation sites (tertiary alicyclic amines) is 1. The van der Waals surface area contributed by atoms with Gasteiger partial charge in [0, 0.05) is 40.2 Å². The van der Waals surface area contributed by atoms with Crippen LogP contribution in [0.1, 0.15) is 18.4 Å². The maximum Gasteiger partial charge on any atom is 0.242 e. The number of hydrogen-bond acceptors (Lipinski definition) is 4. The van der Waals surface area contributed by atoms with Crippen molar-refractivity contribution in [2.75, 3.05) is 33.8 Å². The minimum atomic E-state index is -3.55. The van der Waals surface area contributed by atoms with E-state index in [1.165, 1.54) is 4.31 Å². The minimum Gasteiger partial charge on any atom is -0.380 e. The second kappa shape index (κ2) is 7.21. The van der Waals surface area contributed by atoms with Crippen molar-refractivity contribution in [1.29, 1.82) is 0 Å². The van der Waals surface area contributed by atoms with E-state index in [1.807, 2.05) is 6.07 Å². The van der Waals surface area contributed by atoms with E-state index in [4.69, 9.17) is 4.74 Å². The molecule has 0 saturated carbocycles. The van der Waals surface area contributed by atoms with Crippen LogP contribution in [0.25, 0.3) is 0 Å². The molecule has 1 fully saturated rings. The summed E-state index contributed by atoms with van der Waals surface area (Å²) in [7, 11) is -0.439. The molecule has 0 bridgehead atoms. The molecule has 22 heavy (non-hydrogen) atoms. The highest BCUT2D eigenvalue weighted by Crippen LogP contribution is 2.17. The van der Waals surface area contributed by atoms with Crippen LogP contribution in [0, 0.1) is 0 Å². The topological polar surface area (TPSA) is 66.9 Å². The number of carbonyl (C=O) groups excluding carboxylic acids is 1. The number of methoxy groups -OCH3 is 1. The Morgan fingerprint density at radius 2 is 2.14 bits per heavy atom. The molecule has 0 radical (unpaired) electrons. The van der Waals surface area contributed by atoms with E-state index in [0.717, 1.165) is 18.5 Å². The van der Waals surface area contributed by atoms with Crippen LogP contribution in [0.15, 0.2) is 29.2 Å². The minimum absolute atomic E-state index is 0.105. The molecule has 0 aromatic heterocycles. The highest BCUT2D eigenvalue weighted by atomic mass is 32.2. The predicted molar refractivity (Wildman–Crippen MR) is 82.8 cm³/mol. The number of nitrogens with zero attached hydrogens (tertiary/aromatic N) is 2. The van der Waals surface area contributed by atoms with Gasteiger partial charge in [0.05, 0.1) is 11.5 Å². The van der Waals surface area contributed by atoms with Gasteiger partial charge in [-0.15, -0.1) is 0 Å². The Balaban J connectivity index is 2.05. The summed E-state index contributed by atoms with van der Waals surface area (Å²) < 4.78 is 31.4. The number of rotatable bonds is 7. The summed E-state index contributed by atoms with van der Waals surface area (Å²) in [4.78, 5) is 13.5. The van der Waals surface area contributed by atoms with E-state index in [9.17, 15) is 13.2 Å². The number of sulfonamides is 1. The largest absolute Gasteiger partial charge is 0.380 e. The van der Waals surface area contributed by atoms with Gasteiger partial charge in [-0.1, -0.05) is 12.1 Å². The van der Waals surface area contributed by atoms with E-state index in [1.54, 1.807) is 37.3 Å². The van der Waals surface area contributed by atoms with Crippen LogP contribution >= 0.6 is 0 Å². The van der Waals surface area contributed by atoms with Crippen LogP contribution in [-0.4, -0.2) is 57.3 Å². The van der Waals surface area contributed by atoms with Crippen molar-refractivity contribution in [3.05, 3.63) is 29.8 Å².